The first-order valence-corrected chi connectivity index (χ1v) is 16.7. The number of benzene rings is 1. The third-order valence-electron chi connectivity index (χ3n) is 10.3. The van der Waals surface area contributed by atoms with Crippen molar-refractivity contribution in [3.05, 3.63) is 53.8 Å². The van der Waals surface area contributed by atoms with Crippen LogP contribution in [0.2, 0.25) is 0 Å². The summed E-state index contributed by atoms with van der Waals surface area (Å²) in [5.41, 5.74) is 12.8. The van der Waals surface area contributed by atoms with Gasteiger partial charge >= 0.3 is 0 Å². The second kappa shape index (κ2) is 10.0. The van der Waals surface area contributed by atoms with Gasteiger partial charge in [-0.3, -0.25) is 9.78 Å². The molecule has 2 aliphatic carbocycles. The minimum Gasteiger partial charge on any atom is -0.494 e. The molecule has 10 nitrogen and oxygen atoms in total. The number of carbonyl (C=O) groups is 1. The number of hydrogen-bond donors (Lipinski definition) is 1. The van der Waals surface area contributed by atoms with Gasteiger partial charge in [-0.05, 0) is 67.9 Å². The maximum Gasteiger partial charge on any atom is 0.254 e. The summed E-state index contributed by atoms with van der Waals surface area (Å²) < 4.78 is 10.7. The molecule has 9 rings (SSSR count). The number of nitrogens with zero attached hydrogens (tertiary/aromatic N) is 7. The number of nitrogens with two attached hydrogens (primary N) is 1. The Kier molecular flexibility index (Phi) is 6.03. The first kappa shape index (κ1) is 26.4. The summed E-state index contributed by atoms with van der Waals surface area (Å²) in [5.74, 6) is 3.12. The van der Waals surface area contributed by atoms with E-state index in [-0.39, 0.29) is 18.0 Å². The molecule has 11 heteroatoms. The van der Waals surface area contributed by atoms with Crippen LogP contribution in [0.15, 0.2) is 48.2 Å². The zero-order valence-electron chi connectivity index (χ0n) is 24.8. The van der Waals surface area contributed by atoms with E-state index in [0.717, 1.165) is 79.2 Å². The van der Waals surface area contributed by atoms with Crippen molar-refractivity contribution >= 4 is 44.3 Å². The molecule has 1 aromatic carbocycles. The summed E-state index contributed by atoms with van der Waals surface area (Å²) in [7, 11) is 1.69. The quantitative estimate of drug-likeness (QED) is 0.274. The second-order valence-electron chi connectivity index (χ2n) is 13.1. The SMILES string of the molecule is COc1cc(C(=O)N2C[C@H]3CC[C@@H]2[C@@H]3N)cc2nc(-c3cc4cccnc4n3CC3CC3)n(CC3CN(c4cncs4)C3)c12. The molecule has 1 amide bonds. The zero-order valence-corrected chi connectivity index (χ0v) is 25.6. The smallest absolute Gasteiger partial charge is 0.254 e. The topological polar surface area (TPSA) is 107 Å². The average Bonchev–Trinajstić information content (AvgIpc) is 3.40. The molecule has 226 valence electrons. The molecule has 6 heterocycles. The number of thiazole rings is 1. The van der Waals surface area contributed by atoms with Crippen molar-refractivity contribution in [3.63, 3.8) is 0 Å². The van der Waals surface area contributed by atoms with Crippen molar-refractivity contribution in [2.75, 3.05) is 31.6 Å². The number of carbonyl (C=O) groups excluding carboxylic acids is 1. The van der Waals surface area contributed by atoms with E-state index >= 15 is 0 Å². The average molecular weight is 609 g/mol. The Bertz CT molecular complexity index is 1890. The number of anilines is 1. The van der Waals surface area contributed by atoms with Crippen LogP contribution in [0, 0.1) is 17.8 Å². The number of fused-ring (bicyclic) bond motifs is 4. The third-order valence-corrected chi connectivity index (χ3v) is 11.2. The minimum absolute atomic E-state index is 0.0233. The predicted octanol–water partition coefficient (Wildman–Crippen LogP) is 4.63. The van der Waals surface area contributed by atoms with Gasteiger partial charge in [0.25, 0.3) is 5.91 Å². The first-order chi connectivity index (χ1) is 21.6. The van der Waals surface area contributed by atoms with Crippen LogP contribution in [0.25, 0.3) is 33.6 Å². The lowest BCUT2D eigenvalue weighted by molar-refractivity contribution is 0.0700. The number of hydrogen-bond acceptors (Lipinski definition) is 8. The summed E-state index contributed by atoms with van der Waals surface area (Å²) in [6.07, 6.45) is 8.41. The van der Waals surface area contributed by atoms with E-state index in [0.29, 0.717) is 29.1 Å². The van der Waals surface area contributed by atoms with E-state index in [1.165, 1.54) is 17.8 Å². The van der Waals surface area contributed by atoms with Gasteiger partial charge in [-0.2, -0.15) is 0 Å². The predicted molar refractivity (Wildman–Crippen MR) is 171 cm³/mol. The molecular formula is C33H36N8O2S. The van der Waals surface area contributed by atoms with E-state index < -0.39 is 0 Å². The van der Waals surface area contributed by atoms with Gasteiger partial charge in [0, 0.05) is 67.9 Å². The molecule has 2 N–H and O–H groups in total. The van der Waals surface area contributed by atoms with Crippen LogP contribution in [0.4, 0.5) is 5.00 Å². The van der Waals surface area contributed by atoms with Crippen molar-refractivity contribution in [2.24, 2.45) is 23.5 Å². The van der Waals surface area contributed by atoms with E-state index in [2.05, 4.69) is 31.2 Å². The molecule has 5 aromatic rings. The van der Waals surface area contributed by atoms with Gasteiger partial charge < -0.3 is 29.4 Å². The van der Waals surface area contributed by atoms with Crippen LogP contribution >= 0.6 is 11.3 Å². The first-order valence-electron chi connectivity index (χ1n) is 15.8. The Morgan fingerprint density at radius 3 is 2.66 bits per heavy atom. The zero-order chi connectivity index (χ0) is 29.5. The number of amides is 1. The highest BCUT2D eigenvalue weighted by molar-refractivity contribution is 7.13. The van der Waals surface area contributed by atoms with Gasteiger partial charge in [-0.15, -0.1) is 11.3 Å². The maximum atomic E-state index is 13.9. The maximum absolute atomic E-state index is 13.9. The van der Waals surface area contributed by atoms with Crippen molar-refractivity contribution in [3.8, 4) is 17.3 Å². The molecule has 2 saturated carbocycles. The Labute approximate surface area is 259 Å². The number of piperidine rings is 1. The van der Waals surface area contributed by atoms with Crippen molar-refractivity contribution in [1.29, 1.82) is 0 Å². The highest BCUT2D eigenvalue weighted by Crippen LogP contribution is 2.41. The molecule has 2 saturated heterocycles. The van der Waals surface area contributed by atoms with Crippen LogP contribution in [-0.2, 0) is 13.1 Å². The van der Waals surface area contributed by atoms with Crippen molar-refractivity contribution in [1.82, 2.24) is 29.0 Å². The molecular weight excluding hydrogens is 572 g/mol. The lowest BCUT2D eigenvalue weighted by atomic mass is 10.0. The van der Waals surface area contributed by atoms with Crippen LogP contribution in [-0.4, -0.2) is 73.7 Å². The van der Waals surface area contributed by atoms with Gasteiger partial charge in [-0.1, -0.05) is 0 Å². The largest absolute Gasteiger partial charge is 0.494 e. The fourth-order valence-electron chi connectivity index (χ4n) is 7.83. The number of rotatable bonds is 8. The Hall–Kier alpha value is -3.96. The van der Waals surface area contributed by atoms with E-state index in [1.54, 1.807) is 18.4 Å². The normalized spacial score (nSPS) is 23.3. The van der Waals surface area contributed by atoms with E-state index in [1.807, 2.05) is 41.0 Å². The van der Waals surface area contributed by atoms with Gasteiger partial charge in [0.1, 0.15) is 21.9 Å². The summed E-state index contributed by atoms with van der Waals surface area (Å²) in [6, 6.07) is 10.4. The highest BCUT2D eigenvalue weighted by atomic mass is 32.1. The summed E-state index contributed by atoms with van der Waals surface area (Å²) in [6.45, 7) is 4.39. The molecule has 2 aliphatic heterocycles. The molecule has 4 fully saturated rings. The Morgan fingerprint density at radius 2 is 1.93 bits per heavy atom. The molecule has 4 aromatic heterocycles. The molecule has 0 unspecified atom stereocenters. The number of aromatic nitrogens is 5. The van der Waals surface area contributed by atoms with Gasteiger partial charge in [0.2, 0.25) is 0 Å². The lowest BCUT2D eigenvalue weighted by Crippen LogP contribution is -2.48. The van der Waals surface area contributed by atoms with Gasteiger partial charge in [0.05, 0.1) is 30.0 Å². The summed E-state index contributed by atoms with van der Waals surface area (Å²) >= 11 is 1.68. The number of likely N-dealkylation sites (tertiary alicyclic amines) is 1. The molecule has 4 aliphatic rings. The fraction of sp³-hybridized carbons (Fsp3) is 0.455. The standard InChI is InChI=1S/C33H36N8O2S/c1-43-27-11-23(33(42)40-17-22-6-7-25(40)29(22)34)9-24-30(27)41(16-20-13-38(14-20)28-12-35-18-44-28)32(37-24)26-10-21-3-2-8-36-31(21)39(26)15-19-4-5-19/h2-3,8-12,18-20,22,25,29H,4-7,13-17,34H2,1H3/t22-,25-,29-/m1/s1. The number of imidazole rings is 1. The molecule has 2 bridgehead atoms. The fourth-order valence-corrected chi connectivity index (χ4v) is 8.48. The molecule has 44 heavy (non-hydrogen) atoms. The lowest BCUT2D eigenvalue weighted by Gasteiger charge is -2.40. The van der Waals surface area contributed by atoms with Gasteiger partial charge in [0.15, 0.2) is 5.82 Å². The Balaban J connectivity index is 1.16. The minimum atomic E-state index is 0.0233. The highest BCUT2D eigenvalue weighted by Gasteiger charge is 2.47. The number of ether oxygens (including phenoxy) is 1. The second-order valence-corrected chi connectivity index (χ2v) is 14.0. The van der Waals surface area contributed by atoms with Crippen molar-refractivity contribution in [2.45, 2.75) is 50.9 Å². The Morgan fingerprint density at radius 1 is 1.07 bits per heavy atom. The number of methoxy groups -OCH3 is 1. The molecule has 0 radical (unpaired) electrons. The van der Waals surface area contributed by atoms with Gasteiger partial charge in [-0.25, -0.2) is 9.97 Å². The van der Waals surface area contributed by atoms with E-state index in [9.17, 15) is 4.79 Å². The monoisotopic (exact) mass is 608 g/mol. The summed E-state index contributed by atoms with van der Waals surface area (Å²) in [5, 5.41) is 2.33. The van der Waals surface area contributed by atoms with Crippen LogP contribution in [0.1, 0.15) is 36.0 Å². The van der Waals surface area contributed by atoms with E-state index in [4.69, 9.17) is 20.4 Å². The molecule has 0 spiro atoms. The van der Waals surface area contributed by atoms with Crippen LogP contribution in [0.3, 0.4) is 0 Å². The number of pyridine rings is 1. The van der Waals surface area contributed by atoms with Crippen LogP contribution < -0.4 is 15.4 Å². The van der Waals surface area contributed by atoms with Crippen molar-refractivity contribution < 1.29 is 9.53 Å². The van der Waals surface area contributed by atoms with Crippen LogP contribution in [0.5, 0.6) is 5.75 Å². The molecule has 3 atom stereocenters. The third kappa shape index (κ3) is 4.16. The summed E-state index contributed by atoms with van der Waals surface area (Å²) in [4.78, 5) is 32.6.